The van der Waals surface area contributed by atoms with Gasteiger partial charge in [-0.15, -0.1) is 0 Å². The largest absolute Gasteiger partial charge is 0.475 e. The molecule has 1 N–H and O–H groups in total. The third-order valence-electron chi connectivity index (χ3n) is 5.05. The zero-order valence-electron chi connectivity index (χ0n) is 22.3. The Balaban J connectivity index is 1.98. The first-order valence-corrected chi connectivity index (χ1v) is 13.8. The molecule has 0 unspecified atom stereocenters. The quantitative estimate of drug-likeness (QED) is 0.368. The number of aromatic nitrogens is 1. The summed E-state index contributed by atoms with van der Waals surface area (Å²) in [5.74, 6) is -1.77. The first-order chi connectivity index (χ1) is 17.8. The molecule has 2 aromatic rings. The van der Waals surface area contributed by atoms with E-state index in [0.29, 0.717) is 11.1 Å². The van der Waals surface area contributed by atoms with E-state index in [9.17, 15) is 35.6 Å². The van der Waals surface area contributed by atoms with Crippen molar-refractivity contribution in [3.8, 4) is 5.88 Å². The summed E-state index contributed by atoms with van der Waals surface area (Å²) in [6.45, 7) is 8.01. The molecule has 0 saturated carbocycles. The highest BCUT2D eigenvalue weighted by atomic mass is 32.2. The number of halogens is 4. The van der Waals surface area contributed by atoms with Crippen molar-refractivity contribution >= 4 is 21.9 Å². The molecule has 0 spiro atoms. The number of nitrogens with one attached hydrogen (secondary N) is 1. The second-order valence-electron chi connectivity index (χ2n) is 10.1. The van der Waals surface area contributed by atoms with Gasteiger partial charge in [-0.2, -0.15) is 13.2 Å². The molecule has 1 aromatic heterocycles. The standard InChI is InChI=1S/C26H32F4N2O6S/c1-16(2)37-23-19(9-11-22(31-23)26(28,29)30)8-10-20(33)14-17-6-7-18(21(27)15-17)12-13-39(35,36)32-24(34)38-25(3,4)5/h6-7,9,11,15-16H,8,10,12-14H2,1-5H3,(H,32,34). The summed E-state index contributed by atoms with van der Waals surface area (Å²) < 4.78 is 89.9. The van der Waals surface area contributed by atoms with Crippen LogP contribution in [0.5, 0.6) is 5.88 Å². The summed E-state index contributed by atoms with van der Waals surface area (Å²) >= 11 is 0. The number of ketones is 1. The highest BCUT2D eigenvalue weighted by Gasteiger charge is 2.33. The van der Waals surface area contributed by atoms with Crippen LogP contribution in [0.2, 0.25) is 0 Å². The average Bonchev–Trinajstić information content (AvgIpc) is 2.74. The van der Waals surface area contributed by atoms with Gasteiger partial charge in [-0.05, 0) is 70.7 Å². The second kappa shape index (κ2) is 12.8. The molecule has 0 radical (unpaired) electrons. The van der Waals surface area contributed by atoms with Crippen LogP contribution in [-0.4, -0.2) is 42.7 Å². The van der Waals surface area contributed by atoms with E-state index < -0.39 is 51.3 Å². The minimum absolute atomic E-state index is 0.0422. The SMILES string of the molecule is CC(C)Oc1nc(C(F)(F)F)ccc1CCC(=O)Cc1ccc(CCS(=O)(=O)NC(=O)OC(C)(C)C)c(F)c1. The van der Waals surface area contributed by atoms with Crippen LogP contribution in [0.1, 0.15) is 63.4 Å². The zero-order valence-corrected chi connectivity index (χ0v) is 23.1. The van der Waals surface area contributed by atoms with E-state index in [2.05, 4.69) is 4.98 Å². The fraction of sp³-hybridized carbons (Fsp3) is 0.500. The highest BCUT2D eigenvalue weighted by Crippen LogP contribution is 2.31. The van der Waals surface area contributed by atoms with Crippen molar-refractivity contribution in [2.45, 2.75) is 78.2 Å². The first-order valence-electron chi connectivity index (χ1n) is 12.1. The van der Waals surface area contributed by atoms with Crippen LogP contribution in [0, 0.1) is 5.82 Å². The minimum Gasteiger partial charge on any atom is -0.475 e. The Morgan fingerprint density at radius 2 is 1.67 bits per heavy atom. The van der Waals surface area contributed by atoms with Crippen LogP contribution in [0.15, 0.2) is 30.3 Å². The molecule has 8 nitrogen and oxygen atoms in total. The topological polar surface area (TPSA) is 112 Å². The molecule has 0 saturated heterocycles. The molecule has 0 bridgehead atoms. The van der Waals surface area contributed by atoms with Crippen molar-refractivity contribution in [1.82, 2.24) is 9.71 Å². The maximum Gasteiger partial charge on any atom is 0.433 e. The second-order valence-corrected chi connectivity index (χ2v) is 12.0. The molecular weight excluding hydrogens is 544 g/mol. The molecule has 0 atom stereocenters. The zero-order chi connectivity index (χ0) is 29.6. The maximum atomic E-state index is 14.6. The molecule has 13 heteroatoms. The summed E-state index contributed by atoms with van der Waals surface area (Å²) in [5.41, 5.74) is -1.23. The fourth-order valence-corrected chi connectivity index (χ4v) is 4.24. The Bertz CT molecular complexity index is 1290. The molecule has 1 aromatic carbocycles. The van der Waals surface area contributed by atoms with Crippen molar-refractivity contribution in [1.29, 1.82) is 0 Å². The van der Waals surface area contributed by atoms with Gasteiger partial charge in [0.25, 0.3) is 0 Å². The van der Waals surface area contributed by atoms with Crippen LogP contribution >= 0.6 is 0 Å². The number of ether oxygens (including phenoxy) is 2. The molecule has 0 aliphatic rings. The summed E-state index contributed by atoms with van der Waals surface area (Å²) in [6.07, 6.45) is -6.53. The molecule has 0 aliphatic heterocycles. The first kappa shape index (κ1) is 32.0. The van der Waals surface area contributed by atoms with Gasteiger partial charge in [-0.3, -0.25) is 4.79 Å². The maximum absolute atomic E-state index is 14.6. The Morgan fingerprint density at radius 1 is 1.03 bits per heavy atom. The van der Waals surface area contributed by atoms with E-state index in [1.165, 1.54) is 18.2 Å². The smallest absolute Gasteiger partial charge is 0.433 e. The molecule has 1 amide bonds. The lowest BCUT2D eigenvalue weighted by Crippen LogP contribution is -2.37. The third kappa shape index (κ3) is 11.2. The lowest BCUT2D eigenvalue weighted by molar-refractivity contribution is -0.141. The van der Waals surface area contributed by atoms with Crippen molar-refractivity contribution < 1.29 is 45.0 Å². The van der Waals surface area contributed by atoms with Crippen LogP contribution in [0.4, 0.5) is 22.4 Å². The van der Waals surface area contributed by atoms with Crippen molar-refractivity contribution in [2.75, 3.05) is 5.75 Å². The molecule has 39 heavy (non-hydrogen) atoms. The number of aryl methyl sites for hydroxylation is 2. The summed E-state index contributed by atoms with van der Waals surface area (Å²) in [5, 5.41) is 0. The van der Waals surface area contributed by atoms with Crippen LogP contribution in [-0.2, 0) is 45.0 Å². The van der Waals surface area contributed by atoms with Crippen LogP contribution in [0.3, 0.4) is 0 Å². The molecule has 1 heterocycles. The summed E-state index contributed by atoms with van der Waals surface area (Å²) in [4.78, 5) is 27.7. The minimum atomic E-state index is -4.64. The fourth-order valence-electron chi connectivity index (χ4n) is 3.36. The van der Waals surface area contributed by atoms with Crippen molar-refractivity contribution in [3.63, 3.8) is 0 Å². The third-order valence-corrected chi connectivity index (χ3v) is 6.27. The molecule has 0 fully saturated rings. The number of sulfonamides is 1. The molecule has 216 valence electrons. The molecule has 0 aliphatic carbocycles. The van der Waals surface area contributed by atoms with Gasteiger partial charge in [-0.25, -0.2) is 27.3 Å². The van der Waals surface area contributed by atoms with E-state index in [1.54, 1.807) is 39.3 Å². The average molecular weight is 577 g/mol. The van der Waals surface area contributed by atoms with Gasteiger partial charge in [0.2, 0.25) is 15.9 Å². The van der Waals surface area contributed by atoms with E-state index in [4.69, 9.17) is 9.47 Å². The van der Waals surface area contributed by atoms with Crippen molar-refractivity contribution in [3.05, 3.63) is 58.5 Å². The Morgan fingerprint density at radius 3 is 2.23 bits per heavy atom. The lowest BCUT2D eigenvalue weighted by atomic mass is 10.0. The number of carbonyl (C=O) groups is 2. The predicted molar refractivity (Wildman–Crippen MR) is 135 cm³/mol. The van der Waals surface area contributed by atoms with Crippen LogP contribution in [0.25, 0.3) is 0 Å². The van der Waals surface area contributed by atoms with E-state index >= 15 is 0 Å². The number of Topliss-reactive ketones (excluding diaryl/α,β-unsaturated/α-hetero) is 1. The number of amides is 1. The summed E-state index contributed by atoms with van der Waals surface area (Å²) in [7, 11) is -4.08. The van der Waals surface area contributed by atoms with E-state index in [0.717, 1.165) is 12.1 Å². The number of alkyl halides is 3. The normalized spacial score (nSPS) is 12.4. The molecular formula is C26H32F4N2O6S. The number of nitrogens with zero attached hydrogens (tertiary/aromatic N) is 1. The number of pyridine rings is 1. The number of rotatable bonds is 11. The Kier molecular flexibility index (Phi) is 10.5. The summed E-state index contributed by atoms with van der Waals surface area (Å²) in [6, 6.07) is 6.01. The number of hydrogen-bond donors (Lipinski definition) is 1. The van der Waals surface area contributed by atoms with Gasteiger partial charge in [0.05, 0.1) is 11.9 Å². The van der Waals surface area contributed by atoms with Gasteiger partial charge in [-0.1, -0.05) is 18.2 Å². The van der Waals surface area contributed by atoms with E-state index in [-0.39, 0.29) is 42.9 Å². The number of hydrogen-bond acceptors (Lipinski definition) is 7. The van der Waals surface area contributed by atoms with Gasteiger partial charge in [0, 0.05) is 18.4 Å². The Hall–Kier alpha value is -3.22. The predicted octanol–water partition coefficient (Wildman–Crippen LogP) is 5.17. The van der Waals surface area contributed by atoms with Gasteiger partial charge in [0.15, 0.2) is 0 Å². The van der Waals surface area contributed by atoms with Gasteiger partial charge < -0.3 is 9.47 Å². The monoisotopic (exact) mass is 576 g/mol. The van der Waals surface area contributed by atoms with Crippen molar-refractivity contribution in [2.24, 2.45) is 0 Å². The van der Waals surface area contributed by atoms with Gasteiger partial charge >= 0.3 is 12.3 Å². The molecule has 2 rings (SSSR count). The van der Waals surface area contributed by atoms with E-state index in [1.807, 2.05) is 0 Å². The lowest BCUT2D eigenvalue weighted by Gasteiger charge is -2.19. The van der Waals surface area contributed by atoms with Crippen LogP contribution < -0.4 is 9.46 Å². The number of benzene rings is 1. The van der Waals surface area contributed by atoms with Gasteiger partial charge in [0.1, 0.15) is 22.9 Å². The highest BCUT2D eigenvalue weighted by molar-refractivity contribution is 7.90. The Labute approximate surface area is 225 Å². The number of carbonyl (C=O) groups excluding carboxylic acids is 2.